The van der Waals surface area contributed by atoms with Crippen molar-refractivity contribution < 1.29 is 18.3 Å². The largest absolute Gasteiger partial charge is 0.495 e. The van der Waals surface area contributed by atoms with Crippen LogP contribution >= 0.6 is 0 Å². The second kappa shape index (κ2) is 6.74. The molecule has 2 N–H and O–H groups in total. The number of nitrogens with one attached hydrogen (secondary N) is 1. The van der Waals surface area contributed by atoms with Gasteiger partial charge >= 0.3 is 0 Å². The number of piperidine rings is 1. The van der Waals surface area contributed by atoms with Gasteiger partial charge in [-0.15, -0.1) is 0 Å². The quantitative estimate of drug-likeness (QED) is 0.830. The third-order valence-electron chi connectivity index (χ3n) is 3.74. The number of aliphatic hydroxyl groups excluding tert-OH is 1. The second-order valence-electron chi connectivity index (χ2n) is 5.34. The highest BCUT2D eigenvalue weighted by Gasteiger charge is 2.25. The molecule has 1 fully saturated rings. The van der Waals surface area contributed by atoms with Crippen molar-refractivity contribution >= 4 is 10.0 Å². The van der Waals surface area contributed by atoms with Gasteiger partial charge in [0.2, 0.25) is 10.0 Å². The molecule has 0 unspecified atom stereocenters. The van der Waals surface area contributed by atoms with Gasteiger partial charge in [-0.3, -0.25) is 0 Å². The first-order valence-electron chi connectivity index (χ1n) is 6.95. The highest BCUT2D eigenvalue weighted by molar-refractivity contribution is 7.89. The number of hydrogen-bond acceptors (Lipinski definition) is 5. The van der Waals surface area contributed by atoms with Gasteiger partial charge in [-0.25, -0.2) is 13.1 Å². The van der Waals surface area contributed by atoms with Gasteiger partial charge in [-0.2, -0.15) is 0 Å². The van der Waals surface area contributed by atoms with E-state index in [0.29, 0.717) is 5.56 Å². The molecular formula is C14H22N2O4S. The van der Waals surface area contributed by atoms with E-state index in [0.717, 1.165) is 25.9 Å². The third kappa shape index (κ3) is 3.94. The summed E-state index contributed by atoms with van der Waals surface area (Å²) in [4.78, 5) is 2.29. The molecule has 2 rings (SSSR count). The Morgan fingerprint density at radius 3 is 2.62 bits per heavy atom. The lowest BCUT2D eigenvalue weighted by Crippen LogP contribution is -2.43. The fourth-order valence-electron chi connectivity index (χ4n) is 2.44. The Hall–Kier alpha value is -1.15. The van der Waals surface area contributed by atoms with Gasteiger partial charge < -0.3 is 14.7 Å². The van der Waals surface area contributed by atoms with Gasteiger partial charge in [0.05, 0.1) is 13.7 Å². The van der Waals surface area contributed by atoms with Crippen LogP contribution in [0.15, 0.2) is 23.1 Å². The van der Waals surface area contributed by atoms with Crippen molar-refractivity contribution in [2.45, 2.75) is 30.4 Å². The number of benzene rings is 1. The first-order valence-corrected chi connectivity index (χ1v) is 8.43. The maximum Gasteiger partial charge on any atom is 0.244 e. The predicted octanol–water partition coefficient (Wildman–Crippen LogP) is 0.560. The Morgan fingerprint density at radius 2 is 2.05 bits per heavy atom. The second-order valence-corrected chi connectivity index (χ2v) is 7.02. The Morgan fingerprint density at radius 1 is 1.38 bits per heavy atom. The van der Waals surface area contributed by atoms with Gasteiger partial charge in [-0.1, -0.05) is 6.07 Å². The van der Waals surface area contributed by atoms with Gasteiger partial charge in [0, 0.05) is 6.04 Å². The number of ether oxygens (including phenoxy) is 1. The minimum Gasteiger partial charge on any atom is -0.495 e. The number of likely N-dealkylation sites (tertiary alicyclic amines) is 1. The van der Waals surface area contributed by atoms with Crippen LogP contribution in [-0.4, -0.2) is 51.7 Å². The van der Waals surface area contributed by atoms with Crippen LogP contribution in [0.3, 0.4) is 0 Å². The summed E-state index contributed by atoms with van der Waals surface area (Å²) in [5.74, 6) is 0.252. The zero-order valence-corrected chi connectivity index (χ0v) is 13.2. The van der Waals surface area contributed by atoms with Crippen LogP contribution in [0, 0.1) is 0 Å². The SMILES string of the molecule is COc1cc(CO)ccc1S(=O)(=O)NC1CCN(C)CC1. The highest BCUT2D eigenvalue weighted by Crippen LogP contribution is 2.26. The molecular weight excluding hydrogens is 292 g/mol. The molecule has 0 aromatic heterocycles. The van der Waals surface area contributed by atoms with Crippen molar-refractivity contribution in [3.63, 3.8) is 0 Å². The van der Waals surface area contributed by atoms with Crippen molar-refractivity contribution in [3.8, 4) is 5.75 Å². The zero-order chi connectivity index (χ0) is 15.5. The molecule has 1 saturated heterocycles. The monoisotopic (exact) mass is 314 g/mol. The summed E-state index contributed by atoms with van der Waals surface area (Å²) in [5, 5.41) is 9.11. The fourth-order valence-corrected chi connectivity index (χ4v) is 3.90. The van der Waals surface area contributed by atoms with Gasteiger partial charge in [0.15, 0.2) is 0 Å². The summed E-state index contributed by atoms with van der Waals surface area (Å²) in [6.07, 6.45) is 1.60. The standard InChI is InChI=1S/C14H22N2O4S/c1-16-7-5-12(6-8-16)15-21(18,19)14-4-3-11(10-17)9-13(14)20-2/h3-4,9,12,15,17H,5-8,10H2,1-2H3. The summed E-state index contributed by atoms with van der Waals surface area (Å²) in [6, 6.07) is 4.56. The molecule has 1 aliphatic heterocycles. The van der Waals surface area contributed by atoms with Crippen LogP contribution in [0.5, 0.6) is 5.75 Å². The molecule has 0 amide bonds. The molecule has 21 heavy (non-hydrogen) atoms. The van der Waals surface area contributed by atoms with E-state index < -0.39 is 10.0 Å². The number of nitrogens with zero attached hydrogens (tertiary/aromatic N) is 1. The van der Waals surface area contributed by atoms with E-state index in [1.165, 1.54) is 13.2 Å². The van der Waals surface area contributed by atoms with Crippen LogP contribution in [0.1, 0.15) is 18.4 Å². The van der Waals surface area contributed by atoms with E-state index in [1.54, 1.807) is 12.1 Å². The number of methoxy groups -OCH3 is 1. The number of rotatable bonds is 5. The van der Waals surface area contributed by atoms with Crippen molar-refractivity contribution in [2.24, 2.45) is 0 Å². The third-order valence-corrected chi connectivity index (χ3v) is 5.30. The van der Waals surface area contributed by atoms with Crippen LogP contribution < -0.4 is 9.46 Å². The Labute approximate surface area is 125 Å². The smallest absolute Gasteiger partial charge is 0.244 e. The van der Waals surface area contributed by atoms with Crippen LogP contribution in [0.25, 0.3) is 0 Å². The van der Waals surface area contributed by atoms with Crippen LogP contribution in [0.4, 0.5) is 0 Å². The Bertz CT molecular complexity index is 581. The van der Waals surface area contributed by atoms with Crippen molar-refractivity contribution in [1.82, 2.24) is 9.62 Å². The van der Waals surface area contributed by atoms with Gasteiger partial charge in [0.25, 0.3) is 0 Å². The molecule has 1 aliphatic rings. The lowest BCUT2D eigenvalue weighted by Gasteiger charge is -2.29. The molecule has 0 radical (unpaired) electrons. The Balaban J connectivity index is 2.19. The topological polar surface area (TPSA) is 78.9 Å². The summed E-state index contributed by atoms with van der Waals surface area (Å²) in [7, 11) is -0.169. The summed E-state index contributed by atoms with van der Waals surface area (Å²) in [5.41, 5.74) is 0.616. The average molecular weight is 314 g/mol. The molecule has 0 atom stereocenters. The molecule has 6 nitrogen and oxygen atoms in total. The van der Waals surface area contributed by atoms with E-state index in [-0.39, 0.29) is 23.3 Å². The minimum atomic E-state index is -3.62. The maximum atomic E-state index is 12.5. The highest BCUT2D eigenvalue weighted by atomic mass is 32.2. The van der Waals surface area contributed by atoms with E-state index in [4.69, 9.17) is 9.84 Å². The number of sulfonamides is 1. The summed E-state index contributed by atoms with van der Waals surface area (Å²) < 4.78 is 32.9. The van der Waals surface area contributed by atoms with E-state index in [1.807, 2.05) is 7.05 Å². The van der Waals surface area contributed by atoms with Crippen LogP contribution in [-0.2, 0) is 16.6 Å². The van der Waals surface area contributed by atoms with E-state index >= 15 is 0 Å². The number of hydrogen-bond donors (Lipinski definition) is 2. The molecule has 118 valence electrons. The van der Waals surface area contributed by atoms with E-state index in [9.17, 15) is 8.42 Å². The number of aliphatic hydroxyl groups is 1. The first kappa shape index (κ1) is 16.2. The maximum absolute atomic E-state index is 12.5. The normalized spacial score (nSPS) is 17.9. The molecule has 0 aliphatic carbocycles. The van der Waals surface area contributed by atoms with Gasteiger partial charge in [0.1, 0.15) is 10.6 Å². The first-order chi connectivity index (χ1) is 9.96. The Kier molecular flexibility index (Phi) is 5.21. The lowest BCUT2D eigenvalue weighted by molar-refractivity contribution is 0.248. The average Bonchev–Trinajstić information content (AvgIpc) is 2.48. The van der Waals surface area contributed by atoms with E-state index in [2.05, 4.69) is 9.62 Å². The molecule has 7 heteroatoms. The van der Waals surface area contributed by atoms with Crippen molar-refractivity contribution in [3.05, 3.63) is 23.8 Å². The zero-order valence-electron chi connectivity index (χ0n) is 12.4. The fraction of sp³-hybridized carbons (Fsp3) is 0.571. The molecule has 1 heterocycles. The molecule has 1 aromatic carbocycles. The minimum absolute atomic E-state index is 0.0478. The molecule has 1 aromatic rings. The van der Waals surface area contributed by atoms with Crippen molar-refractivity contribution in [2.75, 3.05) is 27.2 Å². The van der Waals surface area contributed by atoms with Crippen molar-refractivity contribution in [1.29, 1.82) is 0 Å². The van der Waals surface area contributed by atoms with Crippen LogP contribution in [0.2, 0.25) is 0 Å². The molecule has 0 bridgehead atoms. The summed E-state index contributed by atoms with van der Waals surface area (Å²) in [6.45, 7) is 1.61. The summed E-state index contributed by atoms with van der Waals surface area (Å²) >= 11 is 0. The molecule has 0 saturated carbocycles. The lowest BCUT2D eigenvalue weighted by atomic mass is 10.1. The predicted molar refractivity (Wildman–Crippen MR) is 79.8 cm³/mol. The molecule has 0 spiro atoms. The van der Waals surface area contributed by atoms with Gasteiger partial charge in [-0.05, 0) is 50.7 Å².